The topological polar surface area (TPSA) is 109 Å². The predicted molar refractivity (Wildman–Crippen MR) is 111 cm³/mol. The van der Waals surface area contributed by atoms with Crippen molar-refractivity contribution >= 4 is 17.5 Å². The van der Waals surface area contributed by atoms with E-state index in [1.165, 1.54) is 4.90 Å². The molecule has 5 rings (SSSR count). The van der Waals surface area contributed by atoms with E-state index in [0.29, 0.717) is 30.5 Å². The van der Waals surface area contributed by atoms with Crippen molar-refractivity contribution in [1.29, 1.82) is 0 Å². The molecule has 0 saturated carbocycles. The molecule has 1 fully saturated rings. The van der Waals surface area contributed by atoms with Gasteiger partial charge in [0.05, 0.1) is 18.9 Å². The number of anilines is 1. The summed E-state index contributed by atoms with van der Waals surface area (Å²) in [5.74, 6) is 0.388. The first-order chi connectivity index (χ1) is 15.1. The van der Waals surface area contributed by atoms with Gasteiger partial charge >= 0.3 is 0 Å². The van der Waals surface area contributed by atoms with Gasteiger partial charge in [-0.1, -0.05) is 42.5 Å². The van der Waals surface area contributed by atoms with Gasteiger partial charge in [-0.05, 0) is 17.7 Å². The van der Waals surface area contributed by atoms with E-state index in [1.54, 1.807) is 19.2 Å². The van der Waals surface area contributed by atoms with Crippen LogP contribution in [0.5, 0.6) is 5.75 Å². The first kappa shape index (κ1) is 19.3. The maximum Gasteiger partial charge on any atom is 0.289 e. The van der Waals surface area contributed by atoms with Crippen LogP contribution in [0.25, 0.3) is 0 Å². The zero-order valence-corrected chi connectivity index (χ0v) is 16.9. The summed E-state index contributed by atoms with van der Waals surface area (Å²) in [6.45, 7) is 0.922. The molecule has 0 aliphatic carbocycles. The molecular weight excluding hydrogens is 398 g/mol. The van der Waals surface area contributed by atoms with Crippen LogP contribution in [0.1, 0.15) is 22.0 Å². The third kappa shape index (κ3) is 3.23. The van der Waals surface area contributed by atoms with Crippen molar-refractivity contribution < 1.29 is 19.1 Å². The molecule has 0 radical (unpaired) electrons. The van der Waals surface area contributed by atoms with E-state index in [0.717, 1.165) is 5.56 Å². The molecule has 0 bridgehead atoms. The number of para-hydroxylation sites is 2. The van der Waals surface area contributed by atoms with Crippen LogP contribution in [0, 0.1) is 0 Å². The van der Waals surface area contributed by atoms with Crippen molar-refractivity contribution in [2.45, 2.75) is 11.5 Å². The van der Waals surface area contributed by atoms with Crippen LogP contribution >= 0.6 is 0 Å². The van der Waals surface area contributed by atoms with Crippen LogP contribution in [0.4, 0.5) is 5.69 Å². The Morgan fingerprint density at radius 1 is 1.13 bits per heavy atom. The summed E-state index contributed by atoms with van der Waals surface area (Å²) in [7, 11) is 1.65. The Bertz CT molecular complexity index is 1130. The van der Waals surface area contributed by atoms with E-state index in [2.05, 4.69) is 20.5 Å². The number of aromatic nitrogens is 3. The zero-order chi connectivity index (χ0) is 21.4. The molecule has 2 aliphatic rings. The van der Waals surface area contributed by atoms with Crippen LogP contribution < -0.4 is 15.0 Å². The Kier molecular flexibility index (Phi) is 4.67. The number of nitrogens with zero attached hydrogens (tertiary/aromatic N) is 3. The number of H-pyrrole nitrogens is 1. The van der Waals surface area contributed by atoms with E-state index >= 15 is 0 Å². The van der Waals surface area contributed by atoms with Crippen molar-refractivity contribution in [3.8, 4) is 5.75 Å². The molecule has 0 unspecified atom stereocenters. The van der Waals surface area contributed by atoms with Crippen LogP contribution in [-0.4, -0.2) is 59.9 Å². The number of benzene rings is 2. The number of amides is 2. The van der Waals surface area contributed by atoms with Gasteiger partial charge < -0.3 is 24.7 Å². The SMILES string of the molecule is CN1C(=O)[C@@H](NC(=O)c2nnc(C3(c4ccccc4)COC3)[nH]2)COc2ccccc21. The third-order valence-corrected chi connectivity index (χ3v) is 5.74. The zero-order valence-electron chi connectivity index (χ0n) is 16.9. The molecule has 3 heterocycles. The highest BCUT2D eigenvalue weighted by molar-refractivity contribution is 6.02. The monoisotopic (exact) mass is 419 g/mol. The fourth-order valence-corrected chi connectivity index (χ4v) is 3.87. The highest BCUT2D eigenvalue weighted by atomic mass is 16.5. The fraction of sp³-hybridized carbons (Fsp3) is 0.273. The molecule has 1 aromatic heterocycles. The number of carbonyl (C=O) groups is 2. The van der Waals surface area contributed by atoms with Gasteiger partial charge in [-0.3, -0.25) is 9.59 Å². The van der Waals surface area contributed by atoms with E-state index in [4.69, 9.17) is 9.47 Å². The molecule has 9 heteroatoms. The van der Waals surface area contributed by atoms with Gasteiger partial charge in [0.25, 0.3) is 11.8 Å². The molecule has 0 spiro atoms. The molecular formula is C22H21N5O4. The lowest BCUT2D eigenvalue weighted by Crippen LogP contribution is -2.50. The second kappa shape index (κ2) is 7.51. The van der Waals surface area contributed by atoms with E-state index in [9.17, 15) is 9.59 Å². The maximum absolute atomic E-state index is 12.8. The lowest BCUT2D eigenvalue weighted by Gasteiger charge is -2.39. The minimum absolute atomic E-state index is 0.0225. The van der Waals surface area contributed by atoms with Crippen LogP contribution in [0.15, 0.2) is 54.6 Å². The number of hydrogen-bond donors (Lipinski definition) is 2. The Morgan fingerprint density at radius 3 is 2.61 bits per heavy atom. The smallest absolute Gasteiger partial charge is 0.289 e. The van der Waals surface area contributed by atoms with E-state index < -0.39 is 17.4 Å². The van der Waals surface area contributed by atoms with Crippen LogP contribution in [-0.2, 0) is 14.9 Å². The average molecular weight is 419 g/mol. The molecule has 9 nitrogen and oxygen atoms in total. The lowest BCUT2D eigenvalue weighted by molar-refractivity contribution is -0.120. The molecule has 1 atom stereocenters. The largest absolute Gasteiger partial charge is 0.489 e. The Labute approximate surface area is 178 Å². The number of ether oxygens (including phenoxy) is 2. The van der Waals surface area contributed by atoms with Gasteiger partial charge in [0.1, 0.15) is 29.6 Å². The molecule has 2 aromatic carbocycles. The summed E-state index contributed by atoms with van der Waals surface area (Å²) in [6.07, 6.45) is 0. The first-order valence-electron chi connectivity index (χ1n) is 9.95. The average Bonchev–Trinajstić information content (AvgIpc) is 3.22. The molecule has 2 N–H and O–H groups in total. The fourth-order valence-electron chi connectivity index (χ4n) is 3.87. The molecule has 3 aromatic rings. The number of fused-ring (bicyclic) bond motifs is 1. The van der Waals surface area contributed by atoms with Crippen molar-refractivity contribution in [3.63, 3.8) is 0 Å². The van der Waals surface area contributed by atoms with E-state index in [-0.39, 0.29) is 18.3 Å². The number of aromatic amines is 1. The summed E-state index contributed by atoms with van der Waals surface area (Å²) in [6, 6.07) is 16.2. The highest BCUT2D eigenvalue weighted by Crippen LogP contribution is 2.37. The van der Waals surface area contributed by atoms with Crippen molar-refractivity contribution in [1.82, 2.24) is 20.5 Å². The summed E-state index contributed by atoms with van der Waals surface area (Å²) >= 11 is 0. The normalized spacial score (nSPS) is 19.6. The van der Waals surface area contributed by atoms with Crippen molar-refractivity contribution in [2.75, 3.05) is 31.8 Å². The minimum atomic E-state index is -0.853. The lowest BCUT2D eigenvalue weighted by atomic mass is 9.78. The molecule has 2 amide bonds. The minimum Gasteiger partial charge on any atom is -0.489 e. The molecule has 1 saturated heterocycles. The molecule has 2 aliphatic heterocycles. The second-order valence-corrected chi connectivity index (χ2v) is 7.67. The van der Waals surface area contributed by atoms with Crippen LogP contribution in [0.2, 0.25) is 0 Å². The van der Waals surface area contributed by atoms with Gasteiger partial charge in [0.15, 0.2) is 0 Å². The van der Waals surface area contributed by atoms with Crippen molar-refractivity contribution in [2.24, 2.45) is 0 Å². The van der Waals surface area contributed by atoms with Crippen LogP contribution in [0.3, 0.4) is 0 Å². The summed E-state index contributed by atoms with van der Waals surface area (Å²) in [4.78, 5) is 30.2. The summed E-state index contributed by atoms with van der Waals surface area (Å²) < 4.78 is 11.2. The van der Waals surface area contributed by atoms with Gasteiger partial charge in [0, 0.05) is 7.05 Å². The molecule has 31 heavy (non-hydrogen) atoms. The number of hydrogen-bond acceptors (Lipinski definition) is 6. The predicted octanol–water partition coefficient (Wildman–Crippen LogP) is 1.27. The van der Waals surface area contributed by atoms with E-state index in [1.807, 2.05) is 42.5 Å². The number of likely N-dealkylation sites (N-methyl/N-ethyl adjacent to an activating group) is 1. The highest BCUT2D eigenvalue weighted by Gasteiger charge is 2.45. The number of carbonyl (C=O) groups excluding carboxylic acids is 2. The van der Waals surface area contributed by atoms with Gasteiger partial charge in [-0.15, -0.1) is 10.2 Å². The standard InChI is InChI=1S/C22H21N5O4/c1-27-16-9-5-6-10-17(16)31-11-15(20(27)29)23-19(28)18-24-21(26-25-18)22(12-30-13-22)14-7-3-2-4-8-14/h2-10,15H,11-13H2,1H3,(H,23,28)(H,24,25,26)/t15-/m0/s1. The van der Waals surface area contributed by atoms with Gasteiger partial charge in [-0.25, -0.2) is 0 Å². The summed E-state index contributed by atoms with van der Waals surface area (Å²) in [5, 5.41) is 10.9. The summed E-state index contributed by atoms with van der Waals surface area (Å²) in [5.41, 5.74) is 1.23. The van der Waals surface area contributed by atoms with Gasteiger partial charge in [0.2, 0.25) is 5.82 Å². The second-order valence-electron chi connectivity index (χ2n) is 7.67. The first-order valence-corrected chi connectivity index (χ1v) is 9.95. The maximum atomic E-state index is 12.8. The quantitative estimate of drug-likeness (QED) is 0.659. The third-order valence-electron chi connectivity index (χ3n) is 5.74. The number of nitrogens with one attached hydrogen (secondary N) is 2. The van der Waals surface area contributed by atoms with Crippen molar-refractivity contribution in [3.05, 3.63) is 71.8 Å². The number of rotatable bonds is 4. The molecule has 158 valence electrons. The Hall–Kier alpha value is -3.72. The van der Waals surface area contributed by atoms with Gasteiger partial charge in [-0.2, -0.15) is 0 Å². The Morgan fingerprint density at radius 2 is 1.87 bits per heavy atom. The Balaban J connectivity index is 1.34.